The van der Waals surface area contributed by atoms with E-state index in [1.165, 1.54) is 5.19 Å². The van der Waals surface area contributed by atoms with Gasteiger partial charge in [-0.1, -0.05) is 92.6 Å². The van der Waals surface area contributed by atoms with E-state index in [9.17, 15) is 14.7 Å². The largest absolute Gasteiger partial charge is 0.497 e. The van der Waals surface area contributed by atoms with Crippen LogP contribution in [0.1, 0.15) is 62.1 Å². The molecule has 4 aromatic carbocycles. The standard InChI is InChI=1S/C47H57N3O7Si/c1-33-45(58(4,5)39-23-20-37(55-2)21-24-39)42(30-44(53)48(27-28-51)31-34-13-9-8-10-14-34)57-47(33)40-29-38(56-3)22-25-41(40)50(46(47)54)32-35-16-18-36(19-17-35)49-26-12-7-6-11-15-43(49)52/h8-10,13-14,16-25,29,33,42,45,51H,6-7,11-12,15,26-28,30-32H2,1-5H3/t33-,42+,45-,47+/m0/s1. The molecule has 0 bridgehead atoms. The first-order valence-corrected chi connectivity index (χ1v) is 23.7. The van der Waals surface area contributed by atoms with Crippen LogP contribution < -0.4 is 24.5 Å². The van der Waals surface area contributed by atoms with E-state index in [1.54, 1.807) is 19.1 Å². The van der Waals surface area contributed by atoms with Gasteiger partial charge in [0.15, 0.2) is 5.60 Å². The van der Waals surface area contributed by atoms with Crippen molar-refractivity contribution in [2.45, 2.75) is 88.9 Å². The number of methoxy groups -OCH3 is 2. The first-order chi connectivity index (χ1) is 28.0. The van der Waals surface area contributed by atoms with Gasteiger partial charge in [-0.05, 0) is 72.0 Å². The van der Waals surface area contributed by atoms with Crippen LogP contribution in [-0.4, -0.2) is 75.8 Å². The Labute approximate surface area is 343 Å². The molecular weight excluding hydrogens is 747 g/mol. The van der Waals surface area contributed by atoms with E-state index in [0.717, 1.165) is 59.5 Å². The van der Waals surface area contributed by atoms with Gasteiger partial charge in [-0.15, -0.1) is 0 Å². The number of hydrogen-bond donors (Lipinski definition) is 1. The van der Waals surface area contributed by atoms with Gasteiger partial charge in [-0.3, -0.25) is 14.4 Å². The van der Waals surface area contributed by atoms with Crippen molar-refractivity contribution in [3.8, 4) is 11.5 Å². The van der Waals surface area contributed by atoms with Gasteiger partial charge < -0.3 is 34.0 Å². The molecule has 0 aromatic heterocycles. The Balaban J connectivity index is 1.25. The fourth-order valence-electron chi connectivity index (χ4n) is 9.69. The maximum absolute atomic E-state index is 15.4. The molecule has 0 radical (unpaired) electrons. The van der Waals surface area contributed by atoms with Crippen LogP contribution in [0.15, 0.2) is 97.1 Å². The van der Waals surface area contributed by atoms with Crippen molar-refractivity contribution in [2.24, 2.45) is 5.92 Å². The molecule has 10 nitrogen and oxygen atoms in total. The van der Waals surface area contributed by atoms with Crippen LogP contribution in [0.3, 0.4) is 0 Å². The predicted molar refractivity (Wildman–Crippen MR) is 229 cm³/mol. The number of benzene rings is 4. The molecule has 2 fully saturated rings. The van der Waals surface area contributed by atoms with Gasteiger partial charge in [-0.2, -0.15) is 0 Å². The summed E-state index contributed by atoms with van der Waals surface area (Å²) in [5.41, 5.74) is 2.72. The summed E-state index contributed by atoms with van der Waals surface area (Å²) in [4.78, 5) is 48.2. The molecule has 58 heavy (non-hydrogen) atoms. The summed E-state index contributed by atoms with van der Waals surface area (Å²) in [6.07, 6.45) is 4.13. The minimum Gasteiger partial charge on any atom is -0.497 e. The highest BCUT2D eigenvalue weighted by Gasteiger charge is 2.66. The summed E-state index contributed by atoms with van der Waals surface area (Å²) in [7, 11) is 0.734. The van der Waals surface area contributed by atoms with Crippen LogP contribution in [0.4, 0.5) is 11.4 Å². The average Bonchev–Trinajstić information content (AvgIpc) is 3.65. The Morgan fingerprint density at radius 3 is 2.26 bits per heavy atom. The number of hydrogen-bond acceptors (Lipinski definition) is 7. The molecule has 11 heteroatoms. The molecule has 3 heterocycles. The lowest BCUT2D eigenvalue weighted by atomic mass is 9.82. The summed E-state index contributed by atoms with van der Waals surface area (Å²) in [6, 6.07) is 31.7. The molecule has 4 atom stereocenters. The SMILES string of the molecule is COc1ccc([Si](C)(C)[C@@H]2[C@@H](CC(=O)N(CCO)Cc3ccccc3)O[C@]3(C(=O)N(Cc4ccc(N5CCCCCCC5=O)cc4)c4ccc(OC)cc43)[C@H]2C)cc1. The van der Waals surface area contributed by atoms with Crippen molar-refractivity contribution >= 4 is 42.4 Å². The van der Waals surface area contributed by atoms with Gasteiger partial charge in [0.05, 0.1) is 53.7 Å². The minimum atomic E-state index is -2.54. The maximum atomic E-state index is 15.4. The second-order valence-corrected chi connectivity index (χ2v) is 21.2. The third kappa shape index (κ3) is 7.91. The maximum Gasteiger partial charge on any atom is 0.264 e. The fraction of sp³-hybridized carbons (Fsp3) is 0.426. The highest BCUT2D eigenvalue weighted by Crippen LogP contribution is 2.60. The number of rotatable bonds is 13. The molecule has 306 valence electrons. The molecule has 1 N–H and O–H groups in total. The molecule has 0 saturated carbocycles. The summed E-state index contributed by atoms with van der Waals surface area (Å²) in [5, 5.41) is 11.2. The van der Waals surface area contributed by atoms with Gasteiger partial charge in [-0.25, -0.2) is 0 Å². The molecule has 3 amide bonds. The number of aliphatic hydroxyl groups is 1. The van der Waals surface area contributed by atoms with E-state index in [-0.39, 0.29) is 48.8 Å². The van der Waals surface area contributed by atoms with Crippen molar-refractivity contribution in [2.75, 3.05) is 43.7 Å². The number of carbonyl (C=O) groups excluding carboxylic acids is 3. The van der Waals surface area contributed by atoms with Crippen molar-refractivity contribution in [1.29, 1.82) is 0 Å². The molecular formula is C47H57N3O7Si. The normalized spacial score (nSPS) is 22.1. The molecule has 0 unspecified atom stereocenters. The number of aliphatic hydroxyl groups excluding tert-OH is 1. The zero-order chi connectivity index (χ0) is 41.0. The van der Waals surface area contributed by atoms with Crippen molar-refractivity contribution in [3.05, 3.63) is 114 Å². The lowest BCUT2D eigenvalue weighted by Crippen LogP contribution is -2.52. The van der Waals surface area contributed by atoms with Crippen LogP contribution in [0.5, 0.6) is 11.5 Å². The van der Waals surface area contributed by atoms with Gasteiger partial charge >= 0.3 is 0 Å². The zero-order valence-electron chi connectivity index (χ0n) is 34.5. The number of amides is 3. The average molecular weight is 804 g/mol. The fourth-order valence-corrected chi connectivity index (χ4v) is 13.7. The minimum absolute atomic E-state index is 0.0550. The Kier molecular flexibility index (Phi) is 12.4. The predicted octanol–water partition coefficient (Wildman–Crippen LogP) is 7.17. The summed E-state index contributed by atoms with van der Waals surface area (Å²) in [5.74, 6) is 0.911. The van der Waals surface area contributed by atoms with Gasteiger partial charge in [0, 0.05) is 43.2 Å². The lowest BCUT2D eigenvalue weighted by Gasteiger charge is -2.37. The second-order valence-electron chi connectivity index (χ2n) is 16.5. The first-order valence-electron chi connectivity index (χ1n) is 20.7. The Hall–Kier alpha value is -4.97. The first kappa shape index (κ1) is 41.2. The number of fused-ring (bicyclic) bond motifs is 2. The topological polar surface area (TPSA) is 109 Å². The molecule has 3 aliphatic rings. The number of anilines is 2. The zero-order valence-corrected chi connectivity index (χ0v) is 35.5. The highest BCUT2D eigenvalue weighted by atomic mass is 28.3. The van der Waals surface area contributed by atoms with E-state index in [2.05, 4.69) is 32.2 Å². The molecule has 2 saturated heterocycles. The van der Waals surface area contributed by atoms with E-state index in [0.29, 0.717) is 31.8 Å². The van der Waals surface area contributed by atoms with Gasteiger partial charge in [0.25, 0.3) is 5.91 Å². The van der Waals surface area contributed by atoms with Gasteiger partial charge in [0.1, 0.15) is 11.5 Å². The summed E-state index contributed by atoms with van der Waals surface area (Å²) < 4.78 is 18.5. The van der Waals surface area contributed by atoms with Gasteiger partial charge in [0.2, 0.25) is 11.8 Å². The number of ether oxygens (including phenoxy) is 3. The van der Waals surface area contributed by atoms with Crippen LogP contribution in [0.2, 0.25) is 18.6 Å². The number of carbonyl (C=O) groups is 3. The van der Waals surface area contributed by atoms with Crippen molar-refractivity contribution in [3.63, 3.8) is 0 Å². The quantitative estimate of drug-likeness (QED) is 0.143. The molecule has 3 aliphatic heterocycles. The van der Waals surface area contributed by atoms with E-state index >= 15 is 4.79 Å². The third-order valence-electron chi connectivity index (χ3n) is 12.8. The third-order valence-corrected chi connectivity index (χ3v) is 17.1. The van der Waals surface area contributed by atoms with Crippen molar-refractivity contribution in [1.82, 2.24) is 4.90 Å². The molecule has 1 spiro atoms. The summed E-state index contributed by atoms with van der Waals surface area (Å²) >= 11 is 0. The van der Waals surface area contributed by atoms with E-state index in [1.807, 2.05) is 94.7 Å². The lowest BCUT2D eigenvalue weighted by molar-refractivity contribution is -0.150. The Bertz CT molecular complexity index is 2080. The van der Waals surface area contributed by atoms with E-state index < -0.39 is 19.8 Å². The van der Waals surface area contributed by atoms with Crippen LogP contribution in [0.25, 0.3) is 0 Å². The van der Waals surface area contributed by atoms with Crippen LogP contribution in [-0.2, 0) is 37.8 Å². The number of nitrogens with zero attached hydrogens (tertiary/aromatic N) is 3. The molecule has 7 rings (SSSR count). The summed E-state index contributed by atoms with van der Waals surface area (Å²) in [6.45, 7) is 8.09. The monoisotopic (exact) mass is 803 g/mol. The Morgan fingerprint density at radius 1 is 0.879 bits per heavy atom. The molecule has 4 aromatic rings. The van der Waals surface area contributed by atoms with E-state index in [4.69, 9.17) is 14.2 Å². The van der Waals surface area contributed by atoms with Crippen LogP contribution in [0, 0.1) is 5.92 Å². The van der Waals surface area contributed by atoms with Crippen LogP contribution >= 0.6 is 0 Å². The van der Waals surface area contributed by atoms with Crippen molar-refractivity contribution < 1.29 is 33.7 Å². The molecule has 0 aliphatic carbocycles. The smallest absolute Gasteiger partial charge is 0.264 e. The highest BCUT2D eigenvalue weighted by molar-refractivity contribution is 6.91. The Morgan fingerprint density at radius 2 is 1.57 bits per heavy atom. The second kappa shape index (κ2) is 17.5.